The number of aryl methyl sites for hydroxylation is 1. The Bertz CT molecular complexity index is 893. The summed E-state index contributed by atoms with van der Waals surface area (Å²) in [4.78, 5) is 20.6. The Kier molecular flexibility index (Phi) is 4.02. The average Bonchev–Trinajstić information content (AvgIpc) is 2.53. The van der Waals surface area contributed by atoms with Gasteiger partial charge in [0.25, 0.3) is 0 Å². The highest BCUT2D eigenvalue weighted by atomic mass is 19.1. The summed E-state index contributed by atoms with van der Waals surface area (Å²) in [5.74, 6) is -0.377. The fourth-order valence-electron chi connectivity index (χ4n) is 2.31. The molecule has 0 saturated heterocycles. The van der Waals surface area contributed by atoms with E-state index in [-0.39, 0.29) is 18.0 Å². The summed E-state index contributed by atoms with van der Waals surface area (Å²) >= 11 is 0. The number of Topliss-reactive ketones (excluding diaryl/α,β-unsaturated/α-hetero) is 1. The SMILES string of the molecule is CC(=O)c1cc(F)ccc1OCc1nc2ccccc2nc1C. The monoisotopic (exact) mass is 310 g/mol. The summed E-state index contributed by atoms with van der Waals surface area (Å²) in [7, 11) is 0. The maximum Gasteiger partial charge on any atom is 0.163 e. The molecule has 4 nitrogen and oxygen atoms in total. The predicted octanol–water partition coefficient (Wildman–Crippen LogP) is 3.86. The second-order valence-electron chi connectivity index (χ2n) is 5.23. The van der Waals surface area contributed by atoms with Crippen LogP contribution in [-0.2, 0) is 6.61 Å². The number of fused-ring (bicyclic) bond motifs is 1. The Morgan fingerprint density at radius 1 is 1.13 bits per heavy atom. The first-order valence-electron chi connectivity index (χ1n) is 7.20. The highest BCUT2D eigenvalue weighted by molar-refractivity contribution is 5.96. The van der Waals surface area contributed by atoms with Crippen molar-refractivity contribution in [1.82, 2.24) is 9.97 Å². The molecule has 0 bridgehead atoms. The number of carbonyl (C=O) groups is 1. The molecule has 3 aromatic rings. The predicted molar refractivity (Wildman–Crippen MR) is 85.0 cm³/mol. The number of ether oxygens (including phenoxy) is 1. The molecule has 2 aromatic carbocycles. The van der Waals surface area contributed by atoms with Crippen LogP contribution < -0.4 is 4.74 Å². The van der Waals surface area contributed by atoms with Crippen LogP contribution >= 0.6 is 0 Å². The zero-order valence-corrected chi connectivity index (χ0v) is 12.8. The van der Waals surface area contributed by atoms with Crippen LogP contribution in [0.3, 0.4) is 0 Å². The van der Waals surface area contributed by atoms with Crippen molar-refractivity contribution in [2.45, 2.75) is 20.5 Å². The number of hydrogen-bond acceptors (Lipinski definition) is 4. The lowest BCUT2D eigenvalue weighted by atomic mass is 10.1. The van der Waals surface area contributed by atoms with Crippen LogP contribution in [-0.4, -0.2) is 15.8 Å². The summed E-state index contributed by atoms with van der Waals surface area (Å²) in [5, 5.41) is 0. The Labute approximate surface area is 133 Å². The molecule has 3 rings (SSSR count). The molecule has 116 valence electrons. The van der Waals surface area contributed by atoms with Crippen molar-refractivity contribution >= 4 is 16.8 Å². The molecule has 0 atom stereocenters. The third-order valence-electron chi connectivity index (χ3n) is 3.53. The van der Waals surface area contributed by atoms with Gasteiger partial charge in [-0.2, -0.15) is 0 Å². The normalized spacial score (nSPS) is 10.7. The largest absolute Gasteiger partial charge is 0.486 e. The minimum absolute atomic E-state index is 0.162. The lowest BCUT2D eigenvalue weighted by molar-refractivity contribution is 0.101. The lowest BCUT2D eigenvalue weighted by Crippen LogP contribution is -2.06. The van der Waals surface area contributed by atoms with Gasteiger partial charge in [0, 0.05) is 0 Å². The van der Waals surface area contributed by atoms with E-state index in [9.17, 15) is 9.18 Å². The van der Waals surface area contributed by atoms with E-state index in [1.54, 1.807) is 0 Å². The van der Waals surface area contributed by atoms with E-state index in [2.05, 4.69) is 9.97 Å². The quantitative estimate of drug-likeness (QED) is 0.687. The van der Waals surface area contributed by atoms with E-state index in [1.165, 1.54) is 25.1 Å². The van der Waals surface area contributed by atoms with Gasteiger partial charge in [0.05, 0.1) is 28.0 Å². The Hall–Kier alpha value is -2.82. The molecule has 0 aliphatic carbocycles. The van der Waals surface area contributed by atoms with Gasteiger partial charge in [0.1, 0.15) is 18.2 Å². The van der Waals surface area contributed by atoms with Gasteiger partial charge in [-0.05, 0) is 44.2 Å². The zero-order valence-electron chi connectivity index (χ0n) is 12.8. The van der Waals surface area contributed by atoms with Crippen LogP contribution in [0.15, 0.2) is 42.5 Å². The molecule has 0 spiro atoms. The fraction of sp³-hybridized carbons (Fsp3) is 0.167. The van der Waals surface area contributed by atoms with E-state index < -0.39 is 5.82 Å². The van der Waals surface area contributed by atoms with E-state index in [1.807, 2.05) is 31.2 Å². The highest BCUT2D eigenvalue weighted by Crippen LogP contribution is 2.22. The standard InChI is InChI=1S/C18H15FN2O2/c1-11-17(21-16-6-4-3-5-15(16)20-11)10-23-18-8-7-13(19)9-14(18)12(2)22/h3-9H,10H2,1-2H3. The first-order chi connectivity index (χ1) is 11.0. The molecule has 1 aromatic heterocycles. The van der Waals surface area contributed by atoms with E-state index in [4.69, 9.17) is 4.74 Å². The van der Waals surface area contributed by atoms with Crippen molar-refractivity contribution in [3.8, 4) is 5.75 Å². The van der Waals surface area contributed by atoms with Crippen LogP contribution in [0.4, 0.5) is 4.39 Å². The van der Waals surface area contributed by atoms with Gasteiger partial charge in [-0.3, -0.25) is 4.79 Å². The van der Waals surface area contributed by atoms with Crippen molar-refractivity contribution in [2.24, 2.45) is 0 Å². The number of rotatable bonds is 4. The molecule has 0 N–H and O–H groups in total. The van der Waals surface area contributed by atoms with Crippen LogP contribution in [0.25, 0.3) is 11.0 Å². The Balaban J connectivity index is 1.89. The fourth-order valence-corrected chi connectivity index (χ4v) is 2.31. The van der Waals surface area contributed by atoms with Crippen LogP contribution in [0, 0.1) is 12.7 Å². The molecule has 0 unspecified atom stereocenters. The van der Waals surface area contributed by atoms with Gasteiger partial charge in [-0.25, -0.2) is 14.4 Å². The number of ketones is 1. The molecule has 23 heavy (non-hydrogen) atoms. The highest BCUT2D eigenvalue weighted by Gasteiger charge is 2.12. The van der Waals surface area contributed by atoms with Crippen molar-refractivity contribution in [3.63, 3.8) is 0 Å². The lowest BCUT2D eigenvalue weighted by Gasteiger charge is -2.11. The minimum atomic E-state index is -0.468. The van der Waals surface area contributed by atoms with Gasteiger partial charge in [0.2, 0.25) is 0 Å². The molecular formula is C18H15FN2O2. The molecule has 1 heterocycles. The van der Waals surface area contributed by atoms with E-state index >= 15 is 0 Å². The minimum Gasteiger partial charge on any atom is -0.486 e. The number of nitrogens with zero attached hydrogens (tertiary/aromatic N) is 2. The summed E-state index contributed by atoms with van der Waals surface area (Å²) in [6.07, 6.45) is 0. The third-order valence-corrected chi connectivity index (χ3v) is 3.53. The number of carbonyl (C=O) groups excluding carboxylic acids is 1. The molecule has 0 radical (unpaired) electrons. The first kappa shape index (κ1) is 15.1. The zero-order chi connectivity index (χ0) is 16.4. The Morgan fingerprint density at radius 2 is 1.83 bits per heavy atom. The van der Waals surface area contributed by atoms with Crippen LogP contribution in [0.1, 0.15) is 28.7 Å². The van der Waals surface area contributed by atoms with Crippen LogP contribution in [0.2, 0.25) is 0 Å². The number of para-hydroxylation sites is 2. The second-order valence-corrected chi connectivity index (χ2v) is 5.23. The summed E-state index contributed by atoms with van der Waals surface area (Å²) in [6, 6.07) is 11.5. The summed E-state index contributed by atoms with van der Waals surface area (Å²) in [5.41, 5.74) is 3.26. The molecule has 0 saturated carbocycles. The van der Waals surface area contributed by atoms with Crippen molar-refractivity contribution < 1.29 is 13.9 Å². The third kappa shape index (κ3) is 3.18. The molecule has 0 fully saturated rings. The maximum atomic E-state index is 13.3. The van der Waals surface area contributed by atoms with Crippen molar-refractivity contribution in [2.75, 3.05) is 0 Å². The molecule has 0 aliphatic rings. The summed E-state index contributed by atoms with van der Waals surface area (Å²) < 4.78 is 19.0. The Morgan fingerprint density at radius 3 is 2.52 bits per heavy atom. The summed E-state index contributed by atoms with van der Waals surface area (Å²) in [6.45, 7) is 3.40. The van der Waals surface area contributed by atoms with Gasteiger partial charge < -0.3 is 4.74 Å². The smallest absolute Gasteiger partial charge is 0.163 e. The van der Waals surface area contributed by atoms with E-state index in [0.717, 1.165) is 16.7 Å². The second kappa shape index (κ2) is 6.12. The first-order valence-corrected chi connectivity index (χ1v) is 7.20. The van der Waals surface area contributed by atoms with Gasteiger partial charge in [-0.15, -0.1) is 0 Å². The number of aromatic nitrogens is 2. The maximum absolute atomic E-state index is 13.3. The van der Waals surface area contributed by atoms with Gasteiger partial charge >= 0.3 is 0 Å². The van der Waals surface area contributed by atoms with Crippen molar-refractivity contribution in [1.29, 1.82) is 0 Å². The van der Waals surface area contributed by atoms with Gasteiger partial charge in [0.15, 0.2) is 5.78 Å². The molecule has 0 amide bonds. The molecule has 0 aliphatic heterocycles. The number of benzene rings is 2. The molecular weight excluding hydrogens is 295 g/mol. The number of hydrogen-bond donors (Lipinski definition) is 0. The van der Waals surface area contributed by atoms with Crippen molar-refractivity contribution in [3.05, 3.63) is 65.2 Å². The molecule has 5 heteroatoms. The number of halogens is 1. The van der Waals surface area contributed by atoms with Crippen LogP contribution in [0.5, 0.6) is 5.75 Å². The average molecular weight is 310 g/mol. The van der Waals surface area contributed by atoms with E-state index in [0.29, 0.717) is 11.4 Å². The topological polar surface area (TPSA) is 52.1 Å². The van der Waals surface area contributed by atoms with Gasteiger partial charge in [-0.1, -0.05) is 12.1 Å².